The molecule has 4 N–H and O–H groups in total. The van der Waals surface area contributed by atoms with Gasteiger partial charge in [-0.1, -0.05) is 126 Å². The molecule has 2 aromatic heterocycles. The Labute approximate surface area is 399 Å². The molecule has 67 heavy (non-hydrogen) atoms. The third-order valence-corrected chi connectivity index (χ3v) is 9.83. The largest absolute Gasteiger partial charge is 1.00 e. The second kappa shape index (κ2) is 28.8. The monoisotopic (exact) mass is 958 g/mol. The fourth-order valence-electron chi connectivity index (χ4n) is 6.27. The number of para-hydroxylation sites is 2. The maximum Gasteiger partial charge on any atom is 1.00 e. The minimum absolute atomic E-state index is 0. The number of phenolic OH excluding ortho intramolecular Hbond substituents is 2. The van der Waals surface area contributed by atoms with Crippen LogP contribution in [-0.4, -0.2) is 64.4 Å². The normalized spacial score (nSPS) is 10.9. The van der Waals surface area contributed by atoms with Crippen molar-refractivity contribution < 1.29 is 44.0 Å². The smallest absolute Gasteiger partial charge is 0.506 e. The van der Waals surface area contributed by atoms with E-state index in [4.69, 9.17) is 5.11 Å². The molecule has 21 heteroatoms. The SMILES string of the molecule is CCCCCCCCCCCCNCCO.Cc1nn(-c2ccccc2)c(=O)[c-]1N=Nc1cc([N+](=O)[O-])ccc1O.Cc1nn(-c2ccccc2)c(=O)[c-]1N=Nc1cc([N+](=O)[O-])ccc1O.[Cr].[H+]. The van der Waals surface area contributed by atoms with Gasteiger partial charge in [-0.3, -0.25) is 20.2 Å². The van der Waals surface area contributed by atoms with E-state index in [1.54, 1.807) is 62.4 Å². The fraction of sp³-hybridized carbons (Fsp3) is 0.348. The summed E-state index contributed by atoms with van der Waals surface area (Å²) in [6, 6.07) is 24.3. The zero-order valence-corrected chi connectivity index (χ0v) is 38.9. The number of aromatic nitrogens is 4. The number of nitrogens with zero attached hydrogens (tertiary/aromatic N) is 10. The maximum atomic E-state index is 12.4. The van der Waals surface area contributed by atoms with Gasteiger partial charge in [0.1, 0.15) is 34.0 Å². The van der Waals surface area contributed by atoms with E-state index in [0.29, 0.717) is 22.8 Å². The van der Waals surface area contributed by atoms with Gasteiger partial charge in [-0.2, -0.15) is 10.2 Å². The van der Waals surface area contributed by atoms with Crippen LogP contribution in [0.1, 0.15) is 83.9 Å². The van der Waals surface area contributed by atoms with E-state index < -0.39 is 21.0 Å². The Balaban J connectivity index is 0.000000355. The van der Waals surface area contributed by atoms with Gasteiger partial charge in [-0.25, -0.2) is 19.6 Å². The summed E-state index contributed by atoms with van der Waals surface area (Å²) in [5, 5.41) is 76.3. The molecule has 0 aliphatic carbocycles. The Morgan fingerprint density at radius 2 is 1.01 bits per heavy atom. The van der Waals surface area contributed by atoms with Crippen molar-refractivity contribution in [2.24, 2.45) is 20.5 Å². The number of hydrogen-bond donors (Lipinski definition) is 4. The zero-order valence-electron chi connectivity index (χ0n) is 38.6. The van der Waals surface area contributed by atoms with Gasteiger partial charge in [-0.15, -0.1) is 11.4 Å². The third kappa shape index (κ3) is 17.0. The Hall–Kier alpha value is -7.05. The van der Waals surface area contributed by atoms with Crippen LogP contribution in [0.4, 0.5) is 34.1 Å². The average Bonchev–Trinajstić information content (AvgIpc) is 3.77. The first kappa shape index (κ1) is 54.3. The van der Waals surface area contributed by atoms with Crippen molar-refractivity contribution in [3.8, 4) is 22.9 Å². The molecule has 0 unspecified atom stereocenters. The predicted octanol–water partition coefficient (Wildman–Crippen LogP) is 10.2. The van der Waals surface area contributed by atoms with Crippen molar-refractivity contribution in [2.45, 2.75) is 85.0 Å². The first-order valence-electron chi connectivity index (χ1n) is 21.6. The van der Waals surface area contributed by atoms with Crippen LogP contribution in [0, 0.1) is 34.1 Å². The second-order valence-electron chi connectivity index (χ2n) is 14.9. The fourth-order valence-corrected chi connectivity index (χ4v) is 6.27. The van der Waals surface area contributed by atoms with Crippen LogP contribution < -0.4 is 16.4 Å². The van der Waals surface area contributed by atoms with Gasteiger partial charge < -0.3 is 40.5 Å². The number of aliphatic hydroxyl groups excluding tert-OH is 1. The number of nitro groups is 2. The van der Waals surface area contributed by atoms with Crippen molar-refractivity contribution in [2.75, 3.05) is 19.7 Å². The number of hydrogen-bond acceptors (Lipinski definition) is 16. The summed E-state index contributed by atoms with van der Waals surface area (Å²) in [5.74, 6) is -0.565. The quantitative estimate of drug-likeness (QED) is 0.0172. The number of non-ortho nitro benzene ring substituents is 2. The molecule has 0 bridgehead atoms. The molecule has 0 fully saturated rings. The standard InChI is InChI=1S/2C16H12N5O4.C14H31NO.Cr/c2*1-10-15(16(23)20(19-10)11-5-3-2-4-6-11)18-17-13-9-12(21(24)25)7-8-14(13)22;1-2-3-4-5-6-7-8-9-10-11-12-15-13-14-16;/h2*2-9,22H,1H3;15-16H,2-14H2,1H3;/q2*-1;;/p+1. The Morgan fingerprint density at radius 1 is 0.627 bits per heavy atom. The molecule has 356 valence electrons. The molecule has 2 heterocycles. The van der Waals surface area contributed by atoms with Gasteiger partial charge in [0.15, 0.2) is 0 Å². The molecule has 0 radical (unpaired) electrons. The topological polar surface area (TPSA) is 278 Å². The number of rotatable bonds is 21. The Morgan fingerprint density at radius 3 is 1.39 bits per heavy atom. The summed E-state index contributed by atoms with van der Waals surface area (Å²) in [7, 11) is 0. The number of benzene rings is 4. The van der Waals surface area contributed by atoms with Crippen molar-refractivity contribution in [1.82, 2.24) is 24.9 Å². The van der Waals surface area contributed by atoms with Crippen molar-refractivity contribution in [3.05, 3.63) is 149 Å². The minimum atomic E-state index is -0.615. The second-order valence-corrected chi connectivity index (χ2v) is 14.9. The molecular weight excluding hydrogens is 903 g/mol. The number of azo groups is 2. The molecule has 0 atom stereocenters. The van der Waals surface area contributed by atoms with E-state index in [2.05, 4.69) is 42.9 Å². The maximum absolute atomic E-state index is 12.4. The van der Waals surface area contributed by atoms with Gasteiger partial charge in [0.2, 0.25) is 0 Å². The number of nitro benzene ring substituents is 2. The number of aryl methyl sites for hydroxylation is 2. The van der Waals surface area contributed by atoms with Crippen LogP contribution in [0.2, 0.25) is 0 Å². The van der Waals surface area contributed by atoms with Crippen LogP contribution in [0.5, 0.6) is 11.5 Å². The van der Waals surface area contributed by atoms with Crippen LogP contribution in [-0.2, 0) is 17.4 Å². The van der Waals surface area contributed by atoms with Crippen molar-refractivity contribution >= 4 is 34.1 Å². The average molecular weight is 959 g/mol. The minimum Gasteiger partial charge on any atom is -0.506 e. The number of nitrogens with one attached hydrogen (secondary N) is 1. The van der Waals surface area contributed by atoms with Gasteiger partial charge in [0.25, 0.3) is 11.4 Å². The Kier molecular flexibility index (Phi) is 23.3. The molecule has 0 spiro atoms. The number of unbranched alkanes of at least 4 members (excludes halogenated alkanes) is 9. The summed E-state index contributed by atoms with van der Waals surface area (Å²) in [5.41, 5.74) is 0.187. The van der Waals surface area contributed by atoms with Crippen LogP contribution >= 0.6 is 0 Å². The number of aromatic hydroxyl groups is 2. The molecule has 6 rings (SSSR count). The molecule has 0 aliphatic heterocycles. The first-order valence-corrected chi connectivity index (χ1v) is 21.6. The van der Waals surface area contributed by atoms with E-state index in [1.165, 1.54) is 73.6 Å². The Bertz CT molecular complexity index is 2470. The summed E-state index contributed by atoms with van der Waals surface area (Å²) < 4.78 is 2.38. The molecule has 0 amide bonds. The summed E-state index contributed by atoms with van der Waals surface area (Å²) in [6.45, 7) is 7.54. The van der Waals surface area contributed by atoms with Crippen molar-refractivity contribution in [3.63, 3.8) is 0 Å². The molecule has 0 saturated carbocycles. The van der Waals surface area contributed by atoms with E-state index in [1.807, 2.05) is 12.1 Å². The summed E-state index contributed by atoms with van der Waals surface area (Å²) in [4.78, 5) is 45.3. The molecule has 6 aromatic rings. The molecule has 0 aliphatic rings. The van der Waals surface area contributed by atoms with Crippen LogP contribution in [0.25, 0.3) is 11.4 Å². The summed E-state index contributed by atoms with van der Waals surface area (Å²) in [6.07, 6.45) is 13.9. The third-order valence-electron chi connectivity index (χ3n) is 9.83. The van der Waals surface area contributed by atoms with Gasteiger partial charge >= 0.3 is 1.43 Å². The van der Waals surface area contributed by atoms with Crippen molar-refractivity contribution in [1.29, 1.82) is 0 Å². The molecule has 0 saturated heterocycles. The van der Waals surface area contributed by atoms with E-state index in [-0.39, 0.29) is 71.0 Å². The van der Waals surface area contributed by atoms with Crippen LogP contribution in [0.3, 0.4) is 0 Å². The molecular formula is C46H56CrN11O9-. The number of phenols is 2. The van der Waals surface area contributed by atoms with E-state index >= 15 is 0 Å². The molecule has 20 nitrogen and oxygen atoms in total. The van der Waals surface area contributed by atoms with E-state index in [9.17, 15) is 40.0 Å². The zero-order chi connectivity index (χ0) is 47.8. The predicted molar refractivity (Wildman–Crippen MR) is 251 cm³/mol. The van der Waals surface area contributed by atoms with Gasteiger partial charge in [-0.05, 0) is 49.4 Å². The summed E-state index contributed by atoms with van der Waals surface area (Å²) >= 11 is 0. The molecule has 4 aromatic carbocycles. The number of aliphatic hydroxyl groups is 1. The van der Waals surface area contributed by atoms with Gasteiger partial charge in [0, 0.05) is 48.2 Å². The van der Waals surface area contributed by atoms with Gasteiger partial charge in [0.05, 0.1) is 27.8 Å². The van der Waals surface area contributed by atoms with E-state index in [0.717, 1.165) is 49.5 Å². The van der Waals surface area contributed by atoms with Crippen LogP contribution in [0.15, 0.2) is 127 Å². The first-order chi connectivity index (χ1) is 31.9.